The highest BCUT2D eigenvalue weighted by Crippen LogP contribution is 2.19. The van der Waals surface area contributed by atoms with Crippen molar-refractivity contribution in [3.63, 3.8) is 0 Å². The normalized spacial score (nSPS) is 15.2. The van der Waals surface area contributed by atoms with Crippen molar-refractivity contribution in [3.05, 3.63) is 82.9 Å². The Morgan fingerprint density at radius 2 is 1.94 bits per heavy atom. The van der Waals surface area contributed by atoms with Gasteiger partial charge in [0, 0.05) is 62.3 Å². The van der Waals surface area contributed by atoms with E-state index in [4.69, 9.17) is 11.6 Å². The van der Waals surface area contributed by atoms with E-state index in [9.17, 15) is 4.79 Å². The molecule has 31 heavy (non-hydrogen) atoms. The predicted molar refractivity (Wildman–Crippen MR) is 122 cm³/mol. The number of likely N-dealkylation sites (tertiary alicyclic amines) is 1. The zero-order valence-electron chi connectivity index (χ0n) is 17.8. The molecule has 1 aliphatic heterocycles. The van der Waals surface area contributed by atoms with Crippen molar-refractivity contribution in [3.8, 4) is 0 Å². The number of carbonyl (C=O) groups excluding carboxylic acids is 1. The number of halogens is 1. The van der Waals surface area contributed by atoms with Crippen molar-refractivity contribution in [2.75, 3.05) is 26.7 Å². The van der Waals surface area contributed by atoms with Crippen molar-refractivity contribution in [2.24, 2.45) is 0 Å². The summed E-state index contributed by atoms with van der Waals surface area (Å²) in [5.41, 5.74) is 2.73. The topological polar surface area (TPSA) is 54.3 Å². The molecule has 7 heteroatoms. The highest BCUT2D eigenvalue weighted by Gasteiger charge is 2.26. The molecule has 4 rings (SSSR count). The molecule has 0 aliphatic carbocycles. The van der Waals surface area contributed by atoms with Gasteiger partial charge < -0.3 is 9.80 Å². The summed E-state index contributed by atoms with van der Waals surface area (Å²) in [5.74, 6) is 0.0253. The molecule has 1 aliphatic rings. The molecule has 2 aromatic heterocycles. The van der Waals surface area contributed by atoms with Crippen molar-refractivity contribution in [1.82, 2.24) is 24.6 Å². The van der Waals surface area contributed by atoms with Crippen molar-refractivity contribution in [2.45, 2.75) is 31.8 Å². The van der Waals surface area contributed by atoms with Crippen molar-refractivity contribution < 1.29 is 4.79 Å². The molecular weight excluding hydrogens is 410 g/mol. The lowest BCUT2D eigenvalue weighted by molar-refractivity contribution is 0.0643. The van der Waals surface area contributed by atoms with E-state index in [1.54, 1.807) is 10.9 Å². The van der Waals surface area contributed by atoms with Gasteiger partial charge in [-0.3, -0.25) is 14.5 Å². The summed E-state index contributed by atoms with van der Waals surface area (Å²) < 4.78 is 1.77. The molecule has 1 fully saturated rings. The molecule has 0 unspecified atom stereocenters. The molecule has 0 atom stereocenters. The van der Waals surface area contributed by atoms with Gasteiger partial charge in [0.2, 0.25) is 0 Å². The molecule has 0 bridgehead atoms. The molecule has 0 radical (unpaired) electrons. The molecule has 1 saturated heterocycles. The van der Waals surface area contributed by atoms with E-state index in [2.05, 4.69) is 21.0 Å². The van der Waals surface area contributed by atoms with Gasteiger partial charge in [0.15, 0.2) is 0 Å². The molecule has 162 valence electrons. The monoisotopic (exact) mass is 437 g/mol. The van der Waals surface area contributed by atoms with Crippen LogP contribution in [0.4, 0.5) is 0 Å². The van der Waals surface area contributed by atoms with Crippen LogP contribution in [-0.2, 0) is 13.0 Å². The standard InChI is InChI=1S/C24H28ClN5O/c1-28(22-10-14-29(15-11-22)13-9-21-7-4-5-12-26-21)24(31)20-16-27-30(18-20)17-19-6-2-3-8-23(19)25/h2-8,12,16,18,22H,9-11,13-15,17H2,1H3. The van der Waals surface area contributed by atoms with Crippen LogP contribution in [0.2, 0.25) is 5.02 Å². The number of hydrogen-bond donors (Lipinski definition) is 0. The van der Waals surface area contributed by atoms with Crippen LogP contribution in [0.25, 0.3) is 0 Å². The van der Waals surface area contributed by atoms with Gasteiger partial charge in [-0.25, -0.2) is 0 Å². The number of piperidine rings is 1. The van der Waals surface area contributed by atoms with Gasteiger partial charge in [-0.1, -0.05) is 35.9 Å². The van der Waals surface area contributed by atoms with Gasteiger partial charge in [-0.15, -0.1) is 0 Å². The van der Waals surface area contributed by atoms with E-state index in [1.165, 1.54) is 0 Å². The van der Waals surface area contributed by atoms with Crippen LogP contribution in [0.5, 0.6) is 0 Å². The van der Waals surface area contributed by atoms with Crippen LogP contribution in [-0.4, -0.2) is 63.2 Å². The number of amides is 1. The Kier molecular flexibility index (Phi) is 6.99. The Morgan fingerprint density at radius 1 is 1.16 bits per heavy atom. The van der Waals surface area contributed by atoms with E-state index in [0.29, 0.717) is 17.1 Å². The van der Waals surface area contributed by atoms with Gasteiger partial charge in [0.25, 0.3) is 5.91 Å². The quantitative estimate of drug-likeness (QED) is 0.564. The summed E-state index contributed by atoms with van der Waals surface area (Å²) in [5, 5.41) is 5.07. The number of rotatable bonds is 7. The minimum atomic E-state index is 0.0253. The average molecular weight is 438 g/mol. The third-order valence-corrected chi connectivity index (χ3v) is 6.37. The maximum absolute atomic E-state index is 13.0. The maximum atomic E-state index is 13.0. The maximum Gasteiger partial charge on any atom is 0.257 e. The first-order valence-electron chi connectivity index (χ1n) is 10.8. The molecule has 3 aromatic rings. The summed E-state index contributed by atoms with van der Waals surface area (Å²) in [6.45, 7) is 3.56. The summed E-state index contributed by atoms with van der Waals surface area (Å²) in [7, 11) is 1.90. The van der Waals surface area contributed by atoms with Crippen LogP contribution >= 0.6 is 11.6 Å². The third-order valence-electron chi connectivity index (χ3n) is 6.01. The molecule has 0 spiro atoms. The third kappa shape index (κ3) is 5.51. The lowest BCUT2D eigenvalue weighted by Gasteiger charge is -2.36. The predicted octanol–water partition coefficient (Wildman–Crippen LogP) is 3.76. The summed E-state index contributed by atoms with van der Waals surface area (Å²) >= 11 is 6.24. The highest BCUT2D eigenvalue weighted by molar-refractivity contribution is 6.31. The van der Waals surface area contributed by atoms with Gasteiger partial charge in [0.05, 0.1) is 18.3 Å². The zero-order valence-corrected chi connectivity index (χ0v) is 18.6. The summed E-state index contributed by atoms with van der Waals surface area (Å²) in [6.07, 6.45) is 8.24. The fourth-order valence-corrected chi connectivity index (χ4v) is 4.28. The van der Waals surface area contributed by atoms with Gasteiger partial charge in [-0.2, -0.15) is 5.10 Å². The molecular formula is C24H28ClN5O. The van der Waals surface area contributed by atoms with Gasteiger partial charge in [-0.05, 0) is 36.6 Å². The lowest BCUT2D eigenvalue weighted by Crippen LogP contribution is -2.46. The Bertz CT molecular complexity index is 998. The molecule has 0 N–H and O–H groups in total. The smallest absolute Gasteiger partial charge is 0.257 e. The SMILES string of the molecule is CN(C(=O)c1cnn(Cc2ccccc2Cl)c1)C1CCN(CCc2ccccn2)CC1. The number of nitrogens with zero attached hydrogens (tertiary/aromatic N) is 5. The molecule has 6 nitrogen and oxygen atoms in total. The van der Waals surface area contributed by atoms with Crippen molar-refractivity contribution >= 4 is 17.5 Å². The van der Waals surface area contributed by atoms with Crippen LogP contribution in [0, 0.1) is 0 Å². The van der Waals surface area contributed by atoms with Crippen molar-refractivity contribution in [1.29, 1.82) is 0 Å². The fourth-order valence-electron chi connectivity index (χ4n) is 4.08. The Balaban J connectivity index is 1.28. The number of carbonyl (C=O) groups is 1. The molecule has 3 heterocycles. The molecule has 0 saturated carbocycles. The second kappa shape index (κ2) is 10.1. The van der Waals surface area contributed by atoms with E-state index in [1.807, 2.05) is 60.7 Å². The van der Waals surface area contributed by atoms with Crippen LogP contribution in [0.3, 0.4) is 0 Å². The molecule has 1 amide bonds. The van der Waals surface area contributed by atoms with E-state index >= 15 is 0 Å². The minimum absolute atomic E-state index is 0.0253. The Hall–Kier alpha value is -2.70. The minimum Gasteiger partial charge on any atom is -0.339 e. The van der Waals surface area contributed by atoms with Gasteiger partial charge in [0.1, 0.15) is 0 Å². The van der Waals surface area contributed by atoms with E-state index < -0.39 is 0 Å². The fraction of sp³-hybridized carbons (Fsp3) is 0.375. The Labute approximate surface area is 188 Å². The van der Waals surface area contributed by atoms with E-state index in [-0.39, 0.29) is 11.9 Å². The van der Waals surface area contributed by atoms with Crippen LogP contribution < -0.4 is 0 Å². The first-order valence-corrected chi connectivity index (χ1v) is 11.1. The molecule has 1 aromatic carbocycles. The largest absolute Gasteiger partial charge is 0.339 e. The highest BCUT2D eigenvalue weighted by atomic mass is 35.5. The zero-order chi connectivity index (χ0) is 21.6. The lowest BCUT2D eigenvalue weighted by atomic mass is 10.0. The first-order chi connectivity index (χ1) is 15.1. The second-order valence-corrected chi connectivity index (χ2v) is 8.49. The Morgan fingerprint density at radius 3 is 2.68 bits per heavy atom. The second-order valence-electron chi connectivity index (χ2n) is 8.08. The van der Waals surface area contributed by atoms with E-state index in [0.717, 1.165) is 50.2 Å². The van der Waals surface area contributed by atoms with Crippen LogP contribution in [0.15, 0.2) is 61.1 Å². The first kappa shape index (κ1) is 21.5. The number of benzene rings is 1. The number of pyridine rings is 1. The summed E-state index contributed by atoms with van der Waals surface area (Å²) in [4.78, 5) is 21.7. The number of hydrogen-bond acceptors (Lipinski definition) is 4. The van der Waals surface area contributed by atoms with Crippen LogP contribution in [0.1, 0.15) is 34.5 Å². The average Bonchev–Trinajstić information content (AvgIpc) is 3.28. The van der Waals surface area contributed by atoms with Gasteiger partial charge >= 0.3 is 0 Å². The summed E-state index contributed by atoms with van der Waals surface area (Å²) in [6, 6.07) is 14.0. The number of aromatic nitrogens is 3.